The highest BCUT2D eigenvalue weighted by atomic mass is 16.5. The molecule has 0 bridgehead atoms. The Morgan fingerprint density at radius 1 is 1.04 bits per heavy atom. The topological polar surface area (TPSA) is 59.1 Å². The van der Waals surface area contributed by atoms with E-state index in [-0.39, 0.29) is 0 Å². The first kappa shape index (κ1) is 17.1. The van der Waals surface area contributed by atoms with Crippen LogP contribution in [-0.4, -0.2) is 30.2 Å². The minimum Gasteiger partial charge on any atom is -0.497 e. The van der Waals surface area contributed by atoms with Gasteiger partial charge in [-0.25, -0.2) is 4.98 Å². The van der Waals surface area contributed by atoms with E-state index in [2.05, 4.69) is 39.7 Å². The smallest absolute Gasteiger partial charge is 0.224 e. The highest BCUT2D eigenvalue weighted by Gasteiger charge is 2.02. The SMILES string of the molecule is CCCCNc1nc(C)cc(NCCc2ccc(OC)cc2)n1. The van der Waals surface area contributed by atoms with Crippen molar-refractivity contribution in [2.75, 3.05) is 30.8 Å². The molecule has 1 aromatic carbocycles. The van der Waals surface area contributed by atoms with Gasteiger partial charge in [-0.05, 0) is 37.5 Å². The molecule has 0 amide bonds. The third kappa shape index (κ3) is 5.77. The molecule has 0 aliphatic heterocycles. The number of aromatic nitrogens is 2. The number of unbranched alkanes of at least 4 members (excludes halogenated alkanes) is 1. The lowest BCUT2D eigenvalue weighted by Crippen LogP contribution is -2.10. The Labute approximate surface area is 138 Å². The molecule has 0 atom stereocenters. The molecule has 5 nitrogen and oxygen atoms in total. The van der Waals surface area contributed by atoms with E-state index in [0.717, 1.165) is 49.6 Å². The first-order chi connectivity index (χ1) is 11.2. The molecule has 2 rings (SSSR count). The fourth-order valence-corrected chi connectivity index (χ4v) is 2.24. The molecule has 0 saturated heterocycles. The summed E-state index contributed by atoms with van der Waals surface area (Å²) < 4.78 is 5.17. The zero-order valence-corrected chi connectivity index (χ0v) is 14.2. The van der Waals surface area contributed by atoms with Crippen molar-refractivity contribution in [3.8, 4) is 5.75 Å². The number of rotatable bonds is 9. The minimum absolute atomic E-state index is 0.699. The van der Waals surface area contributed by atoms with Crippen LogP contribution < -0.4 is 15.4 Å². The zero-order valence-electron chi connectivity index (χ0n) is 14.2. The number of aryl methyl sites for hydroxylation is 1. The summed E-state index contributed by atoms with van der Waals surface area (Å²) in [6, 6.07) is 10.1. The number of anilines is 2. The van der Waals surface area contributed by atoms with Crippen molar-refractivity contribution in [2.45, 2.75) is 33.1 Å². The van der Waals surface area contributed by atoms with E-state index in [1.54, 1.807) is 7.11 Å². The van der Waals surface area contributed by atoms with Gasteiger partial charge in [-0.15, -0.1) is 0 Å². The molecule has 0 saturated carbocycles. The van der Waals surface area contributed by atoms with Gasteiger partial charge in [-0.3, -0.25) is 0 Å². The quantitative estimate of drug-likeness (QED) is 0.692. The lowest BCUT2D eigenvalue weighted by molar-refractivity contribution is 0.414. The maximum absolute atomic E-state index is 5.17. The summed E-state index contributed by atoms with van der Waals surface area (Å²) in [6.07, 6.45) is 3.22. The molecule has 0 aliphatic carbocycles. The van der Waals surface area contributed by atoms with E-state index >= 15 is 0 Å². The Balaban J connectivity index is 1.86. The largest absolute Gasteiger partial charge is 0.497 e. The monoisotopic (exact) mass is 314 g/mol. The van der Waals surface area contributed by atoms with Crippen LogP contribution in [0.2, 0.25) is 0 Å². The summed E-state index contributed by atoms with van der Waals surface area (Å²) in [5, 5.41) is 6.64. The normalized spacial score (nSPS) is 10.4. The molecule has 1 aromatic heterocycles. The second-order valence-corrected chi connectivity index (χ2v) is 5.52. The first-order valence-corrected chi connectivity index (χ1v) is 8.17. The molecule has 23 heavy (non-hydrogen) atoms. The van der Waals surface area contributed by atoms with Crippen molar-refractivity contribution in [3.05, 3.63) is 41.6 Å². The average Bonchev–Trinajstić information content (AvgIpc) is 2.55. The summed E-state index contributed by atoms with van der Waals surface area (Å²) in [5.74, 6) is 2.45. The van der Waals surface area contributed by atoms with Crippen LogP contribution in [0, 0.1) is 6.92 Å². The summed E-state index contributed by atoms with van der Waals surface area (Å²) in [6.45, 7) is 5.90. The predicted molar refractivity (Wildman–Crippen MR) is 95.4 cm³/mol. The van der Waals surface area contributed by atoms with E-state index in [9.17, 15) is 0 Å². The van der Waals surface area contributed by atoms with Crippen LogP contribution >= 0.6 is 0 Å². The van der Waals surface area contributed by atoms with E-state index in [1.807, 2.05) is 25.1 Å². The van der Waals surface area contributed by atoms with E-state index in [1.165, 1.54) is 5.56 Å². The molecule has 2 aromatic rings. The summed E-state index contributed by atoms with van der Waals surface area (Å²) in [5.41, 5.74) is 2.23. The Hall–Kier alpha value is -2.30. The Morgan fingerprint density at radius 3 is 2.52 bits per heavy atom. The van der Waals surface area contributed by atoms with Gasteiger partial charge in [0.1, 0.15) is 11.6 Å². The number of methoxy groups -OCH3 is 1. The molecular formula is C18H26N4O. The molecule has 124 valence electrons. The number of ether oxygens (including phenoxy) is 1. The fourth-order valence-electron chi connectivity index (χ4n) is 2.24. The Kier molecular flexibility index (Phi) is 6.66. The average molecular weight is 314 g/mol. The molecule has 0 spiro atoms. The van der Waals surface area contributed by atoms with Crippen molar-refractivity contribution in [3.63, 3.8) is 0 Å². The van der Waals surface area contributed by atoms with Crippen LogP contribution in [0.5, 0.6) is 5.75 Å². The second-order valence-electron chi connectivity index (χ2n) is 5.52. The van der Waals surface area contributed by atoms with Crippen molar-refractivity contribution >= 4 is 11.8 Å². The highest BCUT2D eigenvalue weighted by Crippen LogP contribution is 2.13. The third-order valence-corrected chi connectivity index (χ3v) is 3.55. The van der Waals surface area contributed by atoms with Crippen LogP contribution in [0.1, 0.15) is 31.0 Å². The third-order valence-electron chi connectivity index (χ3n) is 3.55. The maximum Gasteiger partial charge on any atom is 0.224 e. The van der Waals surface area contributed by atoms with Crippen LogP contribution in [0.4, 0.5) is 11.8 Å². The van der Waals surface area contributed by atoms with Gasteiger partial charge >= 0.3 is 0 Å². The van der Waals surface area contributed by atoms with Crippen molar-refractivity contribution < 1.29 is 4.74 Å². The Morgan fingerprint density at radius 2 is 1.83 bits per heavy atom. The summed E-state index contributed by atoms with van der Waals surface area (Å²) in [4.78, 5) is 8.93. The van der Waals surface area contributed by atoms with Gasteiger partial charge in [0, 0.05) is 24.8 Å². The van der Waals surface area contributed by atoms with Crippen LogP contribution in [0.3, 0.4) is 0 Å². The lowest BCUT2D eigenvalue weighted by atomic mass is 10.1. The molecule has 0 unspecified atom stereocenters. The molecule has 2 N–H and O–H groups in total. The number of nitrogens with zero attached hydrogens (tertiary/aromatic N) is 2. The van der Waals surface area contributed by atoms with E-state index < -0.39 is 0 Å². The molecule has 0 aliphatic rings. The van der Waals surface area contributed by atoms with E-state index in [4.69, 9.17) is 4.74 Å². The first-order valence-electron chi connectivity index (χ1n) is 8.17. The van der Waals surface area contributed by atoms with Crippen LogP contribution in [-0.2, 0) is 6.42 Å². The predicted octanol–water partition coefficient (Wildman–Crippen LogP) is 3.66. The minimum atomic E-state index is 0.699. The van der Waals surface area contributed by atoms with Gasteiger partial charge in [-0.2, -0.15) is 4.98 Å². The van der Waals surface area contributed by atoms with Crippen molar-refractivity contribution in [2.24, 2.45) is 0 Å². The summed E-state index contributed by atoms with van der Waals surface area (Å²) >= 11 is 0. The lowest BCUT2D eigenvalue weighted by Gasteiger charge is -2.10. The standard InChI is InChI=1S/C18H26N4O/c1-4-5-11-20-18-21-14(2)13-17(22-18)19-12-10-15-6-8-16(23-3)9-7-15/h6-9,13H,4-5,10-12H2,1-3H3,(H2,19,20,21,22). The maximum atomic E-state index is 5.17. The van der Waals surface area contributed by atoms with Gasteiger partial charge < -0.3 is 15.4 Å². The highest BCUT2D eigenvalue weighted by molar-refractivity contribution is 5.42. The van der Waals surface area contributed by atoms with Crippen LogP contribution in [0.25, 0.3) is 0 Å². The molecule has 0 radical (unpaired) electrons. The van der Waals surface area contributed by atoms with Gasteiger partial charge in [-0.1, -0.05) is 25.5 Å². The Bertz CT molecular complexity index is 598. The van der Waals surface area contributed by atoms with Crippen molar-refractivity contribution in [1.82, 2.24) is 9.97 Å². The number of hydrogen-bond donors (Lipinski definition) is 2. The molecular weight excluding hydrogens is 288 g/mol. The zero-order chi connectivity index (χ0) is 16.5. The number of nitrogens with one attached hydrogen (secondary N) is 2. The summed E-state index contributed by atoms with van der Waals surface area (Å²) in [7, 11) is 1.68. The van der Waals surface area contributed by atoms with Gasteiger partial charge in [0.05, 0.1) is 7.11 Å². The van der Waals surface area contributed by atoms with Gasteiger partial charge in [0.15, 0.2) is 0 Å². The molecule has 5 heteroatoms. The molecule has 0 fully saturated rings. The van der Waals surface area contributed by atoms with Crippen molar-refractivity contribution in [1.29, 1.82) is 0 Å². The fraction of sp³-hybridized carbons (Fsp3) is 0.444. The number of benzene rings is 1. The van der Waals surface area contributed by atoms with Crippen LogP contribution in [0.15, 0.2) is 30.3 Å². The van der Waals surface area contributed by atoms with Gasteiger partial charge in [0.2, 0.25) is 5.95 Å². The second kappa shape index (κ2) is 8.98. The number of hydrogen-bond acceptors (Lipinski definition) is 5. The van der Waals surface area contributed by atoms with E-state index in [0.29, 0.717) is 5.95 Å². The van der Waals surface area contributed by atoms with Gasteiger partial charge in [0.25, 0.3) is 0 Å². The molecule has 1 heterocycles.